The Balaban J connectivity index is 1.97. The van der Waals surface area contributed by atoms with Crippen LogP contribution in [0.2, 0.25) is 0 Å². The van der Waals surface area contributed by atoms with Crippen molar-refractivity contribution in [1.29, 1.82) is 0 Å². The zero-order valence-electron chi connectivity index (χ0n) is 11.6. The van der Waals surface area contributed by atoms with Crippen molar-refractivity contribution in [2.75, 3.05) is 13.1 Å². The second-order valence-corrected chi connectivity index (χ2v) is 5.48. The lowest BCUT2D eigenvalue weighted by atomic mass is 9.96. The predicted octanol–water partition coefficient (Wildman–Crippen LogP) is 2.81. The molecule has 0 saturated heterocycles. The fraction of sp³-hybridized carbons (Fsp3) is 0.533. The van der Waals surface area contributed by atoms with Crippen LogP contribution in [0.1, 0.15) is 35.2 Å². The molecule has 0 heterocycles. The summed E-state index contributed by atoms with van der Waals surface area (Å²) in [7, 11) is 0. The third-order valence-electron chi connectivity index (χ3n) is 4.10. The minimum Gasteiger partial charge on any atom is -0.352 e. The maximum Gasteiger partial charge on any atom is 0.416 e. The van der Waals surface area contributed by atoms with Gasteiger partial charge in [-0.1, -0.05) is 12.5 Å². The lowest BCUT2D eigenvalue weighted by Crippen LogP contribution is -2.33. The highest BCUT2D eigenvalue weighted by Gasteiger charge is 2.31. The summed E-state index contributed by atoms with van der Waals surface area (Å²) in [4.78, 5) is 12.0. The number of halogens is 3. The molecular formula is C15H19F3N2O. The highest BCUT2D eigenvalue weighted by molar-refractivity contribution is 5.94. The fourth-order valence-corrected chi connectivity index (χ4v) is 2.86. The molecule has 3 nitrogen and oxygen atoms in total. The van der Waals surface area contributed by atoms with Crippen LogP contribution >= 0.6 is 0 Å². The van der Waals surface area contributed by atoms with Crippen molar-refractivity contribution in [1.82, 2.24) is 5.32 Å². The molecule has 116 valence electrons. The van der Waals surface area contributed by atoms with E-state index in [2.05, 4.69) is 5.32 Å². The van der Waals surface area contributed by atoms with Gasteiger partial charge in [0.2, 0.25) is 0 Å². The first-order chi connectivity index (χ1) is 9.91. The summed E-state index contributed by atoms with van der Waals surface area (Å²) in [6.45, 7) is 1.06. The Kier molecular flexibility index (Phi) is 4.88. The number of nitrogens with two attached hydrogens (primary N) is 1. The Labute approximate surface area is 121 Å². The summed E-state index contributed by atoms with van der Waals surface area (Å²) in [5.41, 5.74) is 4.90. The maximum atomic E-state index is 12.6. The number of nitrogens with one attached hydrogen (secondary N) is 1. The molecule has 0 aromatic heterocycles. The van der Waals surface area contributed by atoms with E-state index in [0.29, 0.717) is 24.9 Å². The van der Waals surface area contributed by atoms with Crippen LogP contribution in [0.5, 0.6) is 0 Å². The molecule has 1 aromatic carbocycles. The van der Waals surface area contributed by atoms with Gasteiger partial charge in [-0.3, -0.25) is 4.79 Å². The van der Waals surface area contributed by atoms with Gasteiger partial charge in [0, 0.05) is 12.1 Å². The number of carbonyl (C=O) groups is 1. The van der Waals surface area contributed by atoms with Gasteiger partial charge in [-0.25, -0.2) is 0 Å². The normalized spacial score (nSPS) is 22.3. The van der Waals surface area contributed by atoms with Crippen molar-refractivity contribution >= 4 is 5.91 Å². The molecule has 2 unspecified atom stereocenters. The lowest BCUT2D eigenvalue weighted by Gasteiger charge is -2.18. The zero-order valence-corrected chi connectivity index (χ0v) is 11.6. The van der Waals surface area contributed by atoms with E-state index in [9.17, 15) is 18.0 Å². The number of rotatable bonds is 4. The van der Waals surface area contributed by atoms with E-state index in [1.54, 1.807) is 0 Å². The van der Waals surface area contributed by atoms with Crippen LogP contribution in [-0.4, -0.2) is 19.0 Å². The van der Waals surface area contributed by atoms with Gasteiger partial charge in [0.25, 0.3) is 5.91 Å². The van der Waals surface area contributed by atoms with E-state index in [1.165, 1.54) is 12.1 Å². The quantitative estimate of drug-likeness (QED) is 0.898. The second-order valence-electron chi connectivity index (χ2n) is 5.48. The molecule has 0 bridgehead atoms. The fourth-order valence-electron chi connectivity index (χ4n) is 2.86. The van der Waals surface area contributed by atoms with Gasteiger partial charge in [-0.05, 0) is 49.4 Å². The molecule has 1 saturated carbocycles. The average molecular weight is 300 g/mol. The number of benzene rings is 1. The van der Waals surface area contributed by atoms with Gasteiger partial charge in [0.15, 0.2) is 0 Å². The third-order valence-corrected chi connectivity index (χ3v) is 4.10. The first-order valence-electron chi connectivity index (χ1n) is 7.07. The molecule has 1 aromatic rings. The SMILES string of the molecule is NCC1CCCC1CNC(=O)c1cccc(C(F)(F)F)c1. The molecule has 0 spiro atoms. The minimum atomic E-state index is -4.44. The molecule has 0 aliphatic heterocycles. The summed E-state index contributed by atoms with van der Waals surface area (Å²) in [6.07, 6.45) is -1.29. The van der Waals surface area contributed by atoms with Crippen molar-refractivity contribution in [2.45, 2.75) is 25.4 Å². The molecular weight excluding hydrogens is 281 g/mol. The number of carbonyl (C=O) groups excluding carboxylic acids is 1. The molecule has 21 heavy (non-hydrogen) atoms. The molecule has 1 aliphatic carbocycles. The minimum absolute atomic E-state index is 0.0344. The van der Waals surface area contributed by atoms with Crippen molar-refractivity contribution in [3.05, 3.63) is 35.4 Å². The summed E-state index contributed by atoms with van der Waals surface area (Å²) in [6, 6.07) is 4.47. The van der Waals surface area contributed by atoms with Gasteiger partial charge >= 0.3 is 6.18 Å². The Hall–Kier alpha value is -1.56. The molecule has 2 rings (SSSR count). The zero-order chi connectivity index (χ0) is 15.5. The van der Waals surface area contributed by atoms with Crippen LogP contribution in [0, 0.1) is 11.8 Å². The first kappa shape index (κ1) is 15.8. The van der Waals surface area contributed by atoms with Crippen LogP contribution in [0.15, 0.2) is 24.3 Å². The number of amides is 1. The topological polar surface area (TPSA) is 55.1 Å². The maximum absolute atomic E-state index is 12.6. The van der Waals surface area contributed by atoms with Gasteiger partial charge < -0.3 is 11.1 Å². The highest BCUT2D eigenvalue weighted by Crippen LogP contribution is 2.31. The molecule has 1 fully saturated rings. The molecule has 6 heteroatoms. The second kappa shape index (κ2) is 6.47. The Morgan fingerprint density at radius 3 is 2.67 bits per heavy atom. The van der Waals surface area contributed by atoms with E-state index >= 15 is 0 Å². The Bertz CT molecular complexity index is 502. The average Bonchev–Trinajstić information content (AvgIpc) is 2.91. The van der Waals surface area contributed by atoms with Crippen molar-refractivity contribution in [2.24, 2.45) is 17.6 Å². The number of hydrogen-bond acceptors (Lipinski definition) is 2. The third kappa shape index (κ3) is 3.97. The summed E-state index contributed by atoms with van der Waals surface area (Å²) in [5, 5.41) is 2.72. The van der Waals surface area contributed by atoms with E-state index in [1.807, 2.05) is 0 Å². The number of alkyl halides is 3. The standard InChI is InChI=1S/C15H19F3N2O/c16-15(17,18)13-6-2-3-10(7-13)14(21)20-9-12-5-1-4-11(12)8-19/h2-3,6-7,11-12H,1,4-5,8-9,19H2,(H,20,21). The molecule has 3 N–H and O–H groups in total. The van der Waals surface area contributed by atoms with Crippen molar-refractivity contribution in [3.8, 4) is 0 Å². The number of hydrogen-bond donors (Lipinski definition) is 2. The van der Waals surface area contributed by atoms with E-state index in [4.69, 9.17) is 5.73 Å². The Morgan fingerprint density at radius 2 is 2.00 bits per heavy atom. The predicted molar refractivity (Wildman–Crippen MR) is 73.7 cm³/mol. The molecule has 1 amide bonds. The Morgan fingerprint density at radius 1 is 1.29 bits per heavy atom. The molecule has 1 aliphatic rings. The highest BCUT2D eigenvalue weighted by atomic mass is 19.4. The van der Waals surface area contributed by atoms with Gasteiger partial charge in [0.1, 0.15) is 0 Å². The van der Waals surface area contributed by atoms with E-state index in [0.717, 1.165) is 31.4 Å². The van der Waals surface area contributed by atoms with Crippen LogP contribution in [0.3, 0.4) is 0 Å². The van der Waals surface area contributed by atoms with Crippen LogP contribution in [0.25, 0.3) is 0 Å². The summed E-state index contributed by atoms with van der Waals surface area (Å²) in [5.74, 6) is 0.250. The van der Waals surface area contributed by atoms with Crippen molar-refractivity contribution < 1.29 is 18.0 Å². The largest absolute Gasteiger partial charge is 0.416 e. The van der Waals surface area contributed by atoms with E-state index in [-0.39, 0.29) is 5.56 Å². The molecule has 0 radical (unpaired) electrons. The smallest absolute Gasteiger partial charge is 0.352 e. The van der Waals surface area contributed by atoms with Gasteiger partial charge in [0.05, 0.1) is 5.56 Å². The van der Waals surface area contributed by atoms with Gasteiger partial charge in [-0.15, -0.1) is 0 Å². The van der Waals surface area contributed by atoms with E-state index < -0.39 is 17.6 Å². The van der Waals surface area contributed by atoms with Crippen LogP contribution in [0.4, 0.5) is 13.2 Å². The van der Waals surface area contributed by atoms with Crippen LogP contribution < -0.4 is 11.1 Å². The van der Waals surface area contributed by atoms with Crippen molar-refractivity contribution in [3.63, 3.8) is 0 Å². The first-order valence-corrected chi connectivity index (χ1v) is 7.07. The lowest BCUT2D eigenvalue weighted by molar-refractivity contribution is -0.137. The summed E-state index contributed by atoms with van der Waals surface area (Å²) >= 11 is 0. The summed E-state index contributed by atoms with van der Waals surface area (Å²) < 4.78 is 37.8. The van der Waals surface area contributed by atoms with Crippen LogP contribution in [-0.2, 0) is 6.18 Å². The monoisotopic (exact) mass is 300 g/mol. The van der Waals surface area contributed by atoms with Gasteiger partial charge in [-0.2, -0.15) is 13.2 Å². The molecule has 2 atom stereocenters.